The summed E-state index contributed by atoms with van der Waals surface area (Å²) in [6.07, 6.45) is 0.699. The van der Waals surface area contributed by atoms with Crippen LogP contribution in [0.1, 0.15) is 35.1 Å². The molecule has 19 heavy (non-hydrogen) atoms. The number of hydrogen-bond acceptors (Lipinski definition) is 1. The molecule has 0 radical (unpaired) electrons. The van der Waals surface area contributed by atoms with Crippen LogP contribution in [-0.2, 0) is 0 Å². The van der Waals surface area contributed by atoms with E-state index in [1.807, 2.05) is 18.2 Å². The van der Waals surface area contributed by atoms with Crippen molar-refractivity contribution in [1.82, 2.24) is 0 Å². The molecule has 1 N–H and O–H groups in total. The fourth-order valence-corrected chi connectivity index (χ4v) is 3.28. The van der Waals surface area contributed by atoms with E-state index >= 15 is 0 Å². The van der Waals surface area contributed by atoms with E-state index in [4.69, 9.17) is 0 Å². The van der Waals surface area contributed by atoms with Gasteiger partial charge in [-0.05, 0) is 41.9 Å². The van der Waals surface area contributed by atoms with Crippen LogP contribution in [-0.4, -0.2) is 5.11 Å². The molecular weight excluding hydrogens is 300 g/mol. The number of aliphatic hydroxyl groups excluding tert-OH is 1. The Balaban J connectivity index is 1.80. The molecule has 1 nitrogen and oxygen atoms in total. The Morgan fingerprint density at radius 1 is 1.11 bits per heavy atom. The third-order valence-electron chi connectivity index (χ3n) is 4.01. The van der Waals surface area contributed by atoms with Gasteiger partial charge in [-0.15, -0.1) is 0 Å². The fraction of sp³-hybridized carbons (Fsp3) is 0.294. The normalized spacial score (nSPS) is 23.1. The summed E-state index contributed by atoms with van der Waals surface area (Å²) in [4.78, 5) is 0. The van der Waals surface area contributed by atoms with Gasteiger partial charge in [0, 0.05) is 4.47 Å². The highest BCUT2D eigenvalue weighted by Crippen LogP contribution is 2.54. The summed E-state index contributed by atoms with van der Waals surface area (Å²) in [5, 5.41) is 10.6. The standard InChI is InChI=1S/C17H17BrO/c1-11-6-5-9-13(16(11)18)17(19)15-10-14(15)12-7-3-2-4-8-12/h2-9,14-15,17,19H,10H2,1H3. The minimum absolute atomic E-state index is 0.348. The van der Waals surface area contributed by atoms with Crippen LogP contribution in [0, 0.1) is 12.8 Å². The van der Waals surface area contributed by atoms with Crippen LogP contribution in [0.3, 0.4) is 0 Å². The van der Waals surface area contributed by atoms with E-state index in [0.29, 0.717) is 11.8 Å². The molecule has 1 aliphatic rings. The lowest BCUT2D eigenvalue weighted by Crippen LogP contribution is -2.03. The first-order valence-corrected chi connectivity index (χ1v) is 7.46. The Kier molecular flexibility index (Phi) is 3.46. The van der Waals surface area contributed by atoms with Crippen LogP contribution in [0.5, 0.6) is 0 Å². The molecule has 0 heterocycles. The summed E-state index contributed by atoms with van der Waals surface area (Å²) < 4.78 is 1.04. The number of rotatable bonds is 3. The SMILES string of the molecule is Cc1cccc(C(O)C2CC2c2ccccc2)c1Br. The zero-order valence-corrected chi connectivity index (χ0v) is 12.5. The molecule has 0 saturated heterocycles. The monoisotopic (exact) mass is 316 g/mol. The van der Waals surface area contributed by atoms with Crippen LogP contribution in [0.4, 0.5) is 0 Å². The van der Waals surface area contributed by atoms with Gasteiger partial charge in [0.05, 0.1) is 6.10 Å². The van der Waals surface area contributed by atoms with E-state index in [9.17, 15) is 5.11 Å². The summed E-state index contributed by atoms with van der Waals surface area (Å²) in [6.45, 7) is 2.06. The quantitative estimate of drug-likeness (QED) is 0.877. The first-order valence-electron chi connectivity index (χ1n) is 6.66. The van der Waals surface area contributed by atoms with Gasteiger partial charge in [-0.2, -0.15) is 0 Å². The summed E-state index contributed by atoms with van der Waals surface area (Å²) in [6, 6.07) is 16.6. The maximum atomic E-state index is 10.6. The number of hydrogen-bond donors (Lipinski definition) is 1. The molecule has 3 atom stereocenters. The summed E-state index contributed by atoms with van der Waals surface area (Å²) >= 11 is 3.59. The zero-order valence-electron chi connectivity index (χ0n) is 10.9. The third-order valence-corrected chi connectivity index (χ3v) is 5.10. The van der Waals surface area contributed by atoms with Gasteiger partial charge in [-0.25, -0.2) is 0 Å². The fourth-order valence-electron chi connectivity index (χ4n) is 2.78. The minimum Gasteiger partial charge on any atom is -0.388 e. The van der Waals surface area contributed by atoms with E-state index in [2.05, 4.69) is 53.2 Å². The van der Waals surface area contributed by atoms with Crippen molar-refractivity contribution in [2.24, 2.45) is 5.92 Å². The lowest BCUT2D eigenvalue weighted by molar-refractivity contribution is 0.150. The molecule has 1 saturated carbocycles. The van der Waals surface area contributed by atoms with Crippen molar-refractivity contribution in [3.05, 3.63) is 69.7 Å². The van der Waals surface area contributed by atoms with Gasteiger partial charge in [0.2, 0.25) is 0 Å². The molecule has 3 rings (SSSR count). The van der Waals surface area contributed by atoms with Crippen molar-refractivity contribution in [1.29, 1.82) is 0 Å². The molecule has 0 spiro atoms. The molecule has 2 heteroatoms. The van der Waals surface area contributed by atoms with E-state index in [-0.39, 0.29) is 6.10 Å². The molecule has 2 aromatic carbocycles. The van der Waals surface area contributed by atoms with E-state index in [0.717, 1.165) is 16.5 Å². The molecule has 0 aliphatic heterocycles. The van der Waals surface area contributed by atoms with Gasteiger partial charge >= 0.3 is 0 Å². The Bertz CT molecular complexity index is 579. The Hall–Kier alpha value is -1.12. The zero-order chi connectivity index (χ0) is 13.4. The molecule has 0 bridgehead atoms. The van der Waals surface area contributed by atoms with Crippen LogP contribution in [0.25, 0.3) is 0 Å². The maximum Gasteiger partial charge on any atom is 0.0835 e. The maximum absolute atomic E-state index is 10.6. The number of aryl methyl sites for hydroxylation is 1. The number of aliphatic hydroxyl groups is 1. The third kappa shape index (κ3) is 2.47. The second-order valence-corrected chi connectivity index (χ2v) is 6.13. The van der Waals surface area contributed by atoms with Crippen molar-refractivity contribution in [3.63, 3.8) is 0 Å². The predicted octanol–water partition coefficient (Wildman–Crippen LogP) is 4.59. The highest BCUT2D eigenvalue weighted by molar-refractivity contribution is 9.10. The van der Waals surface area contributed by atoms with Crippen LogP contribution < -0.4 is 0 Å². The van der Waals surface area contributed by atoms with Gasteiger partial charge in [0.1, 0.15) is 0 Å². The first-order chi connectivity index (χ1) is 9.18. The lowest BCUT2D eigenvalue weighted by Gasteiger charge is -2.14. The van der Waals surface area contributed by atoms with Gasteiger partial charge in [0.15, 0.2) is 0 Å². The van der Waals surface area contributed by atoms with Crippen molar-refractivity contribution < 1.29 is 5.11 Å². The van der Waals surface area contributed by atoms with Crippen LogP contribution in [0.15, 0.2) is 53.0 Å². The van der Waals surface area contributed by atoms with Crippen molar-refractivity contribution in [3.8, 4) is 0 Å². The molecule has 1 aliphatic carbocycles. The minimum atomic E-state index is -0.375. The Morgan fingerprint density at radius 3 is 2.58 bits per heavy atom. The van der Waals surface area contributed by atoms with Gasteiger partial charge in [-0.3, -0.25) is 0 Å². The molecule has 0 amide bonds. The van der Waals surface area contributed by atoms with Gasteiger partial charge in [-0.1, -0.05) is 64.5 Å². The van der Waals surface area contributed by atoms with Crippen molar-refractivity contribution >= 4 is 15.9 Å². The van der Waals surface area contributed by atoms with Crippen LogP contribution in [0.2, 0.25) is 0 Å². The first kappa shape index (κ1) is 12.9. The second-order valence-electron chi connectivity index (χ2n) is 5.34. The lowest BCUT2D eigenvalue weighted by atomic mass is 10.00. The summed E-state index contributed by atoms with van der Waals surface area (Å²) in [5.41, 5.74) is 3.53. The largest absolute Gasteiger partial charge is 0.388 e. The van der Waals surface area contributed by atoms with Crippen LogP contribution >= 0.6 is 15.9 Å². The molecule has 1 fully saturated rings. The average Bonchev–Trinajstić information content (AvgIpc) is 3.22. The van der Waals surface area contributed by atoms with Gasteiger partial charge in [0.25, 0.3) is 0 Å². The predicted molar refractivity (Wildman–Crippen MR) is 81.1 cm³/mol. The number of halogens is 1. The molecule has 0 aromatic heterocycles. The van der Waals surface area contributed by atoms with E-state index < -0.39 is 0 Å². The molecule has 98 valence electrons. The molecular formula is C17H17BrO. The molecule has 3 unspecified atom stereocenters. The Labute approximate surface area is 122 Å². The average molecular weight is 317 g/mol. The van der Waals surface area contributed by atoms with Crippen molar-refractivity contribution in [2.75, 3.05) is 0 Å². The van der Waals surface area contributed by atoms with E-state index in [1.165, 1.54) is 11.1 Å². The smallest absolute Gasteiger partial charge is 0.0835 e. The Morgan fingerprint density at radius 2 is 1.84 bits per heavy atom. The highest BCUT2D eigenvalue weighted by Gasteiger charge is 2.44. The number of benzene rings is 2. The van der Waals surface area contributed by atoms with Crippen molar-refractivity contribution in [2.45, 2.75) is 25.4 Å². The highest BCUT2D eigenvalue weighted by atomic mass is 79.9. The van der Waals surface area contributed by atoms with E-state index in [1.54, 1.807) is 0 Å². The summed E-state index contributed by atoms with van der Waals surface area (Å²) in [7, 11) is 0. The topological polar surface area (TPSA) is 20.2 Å². The summed E-state index contributed by atoms with van der Waals surface area (Å²) in [5.74, 6) is 0.851. The second kappa shape index (κ2) is 5.10. The van der Waals surface area contributed by atoms with Gasteiger partial charge < -0.3 is 5.11 Å². The molecule has 2 aromatic rings.